The summed E-state index contributed by atoms with van der Waals surface area (Å²) in [5.74, 6) is 0.130. The zero-order chi connectivity index (χ0) is 14.8. The molecule has 21 heavy (non-hydrogen) atoms. The van der Waals surface area contributed by atoms with Crippen LogP contribution in [0.4, 0.5) is 5.88 Å². The molecule has 0 radical (unpaired) electrons. The van der Waals surface area contributed by atoms with Gasteiger partial charge >= 0.3 is 5.88 Å². The molecule has 3 aromatic rings. The van der Waals surface area contributed by atoms with Crippen LogP contribution in [0, 0.1) is 10.1 Å². The Hall–Kier alpha value is -2.33. The number of fused-ring (bicyclic) bond motifs is 1. The maximum atomic E-state index is 10.6. The van der Waals surface area contributed by atoms with E-state index >= 15 is 0 Å². The van der Waals surface area contributed by atoms with Gasteiger partial charge in [0, 0.05) is 0 Å². The molecular formula is C16H12ClNO3. The summed E-state index contributed by atoms with van der Waals surface area (Å²) in [5.41, 5.74) is 1.06. The van der Waals surface area contributed by atoms with Crippen LogP contribution in [-0.4, -0.2) is 4.92 Å². The monoisotopic (exact) mass is 301 g/mol. The van der Waals surface area contributed by atoms with Crippen molar-refractivity contribution in [3.8, 4) is 0 Å². The van der Waals surface area contributed by atoms with E-state index in [1.807, 2.05) is 36.4 Å². The molecule has 1 unspecified atom stereocenters. The Morgan fingerprint density at radius 1 is 1.10 bits per heavy atom. The van der Waals surface area contributed by atoms with Gasteiger partial charge in [-0.05, 0) is 28.8 Å². The zero-order valence-electron chi connectivity index (χ0n) is 11.0. The molecule has 0 amide bonds. The molecule has 1 heterocycles. The van der Waals surface area contributed by atoms with Crippen molar-refractivity contribution in [1.82, 2.24) is 0 Å². The molecule has 5 heteroatoms. The van der Waals surface area contributed by atoms with Crippen LogP contribution in [0.15, 0.2) is 59.0 Å². The fraction of sp³-hybridized carbons (Fsp3) is 0.125. The molecule has 0 aliphatic heterocycles. The van der Waals surface area contributed by atoms with Gasteiger partial charge in [0.2, 0.25) is 0 Å². The molecule has 1 aromatic heterocycles. The van der Waals surface area contributed by atoms with E-state index in [0.29, 0.717) is 12.2 Å². The predicted octanol–water partition coefficient (Wildman–Crippen LogP) is 4.86. The number of benzene rings is 2. The van der Waals surface area contributed by atoms with E-state index in [9.17, 15) is 10.1 Å². The molecule has 0 spiro atoms. The van der Waals surface area contributed by atoms with E-state index in [1.165, 1.54) is 11.5 Å². The van der Waals surface area contributed by atoms with Crippen molar-refractivity contribution in [1.29, 1.82) is 0 Å². The summed E-state index contributed by atoms with van der Waals surface area (Å²) in [6.45, 7) is 0. The summed E-state index contributed by atoms with van der Waals surface area (Å²) >= 11 is 6.29. The van der Waals surface area contributed by atoms with Crippen LogP contribution in [0.2, 0.25) is 0 Å². The second-order valence-corrected chi connectivity index (χ2v) is 5.31. The minimum Gasteiger partial charge on any atom is -0.404 e. The second-order valence-electron chi connectivity index (χ2n) is 4.79. The van der Waals surface area contributed by atoms with Gasteiger partial charge in [-0.1, -0.05) is 42.5 Å². The molecule has 0 fully saturated rings. The van der Waals surface area contributed by atoms with Crippen LogP contribution in [0.25, 0.3) is 10.8 Å². The number of furan rings is 1. The number of nitro groups is 1. The van der Waals surface area contributed by atoms with Crippen LogP contribution in [0.3, 0.4) is 0 Å². The fourth-order valence-corrected chi connectivity index (χ4v) is 2.58. The van der Waals surface area contributed by atoms with Crippen molar-refractivity contribution in [3.05, 3.63) is 76.0 Å². The summed E-state index contributed by atoms with van der Waals surface area (Å²) in [6.07, 6.45) is 0.553. The number of nitrogens with zero attached hydrogens (tertiary/aromatic N) is 1. The molecule has 0 aliphatic rings. The molecule has 0 N–H and O–H groups in total. The second kappa shape index (κ2) is 5.58. The number of hydrogen-bond donors (Lipinski definition) is 0. The molecular weight excluding hydrogens is 290 g/mol. The lowest BCUT2D eigenvalue weighted by atomic mass is 10.0. The Labute approximate surface area is 126 Å². The molecule has 2 aromatic carbocycles. The van der Waals surface area contributed by atoms with Gasteiger partial charge in [0.05, 0.1) is 11.4 Å². The van der Waals surface area contributed by atoms with Crippen LogP contribution in [0.1, 0.15) is 16.7 Å². The average molecular weight is 302 g/mol. The van der Waals surface area contributed by atoms with Gasteiger partial charge in [-0.3, -0.25) is 10.1 Å². The van der Waals surface area contributed by atoms with Crippen LogP contribution < -0.4 is 0 Å². The van der Waals surface area contributed by atoms with Crippen molar-refractivity contribution in [2.45, 2.75) is 11.8 Å². The highest BCUT2D eigenvalue weighted by Gasteiger charge is 2.18. The smallest absolute Gasteiger partial charge is 0.404 e. The lowest BCUT2D eigenvalue weighted by Gasteiger charge is -2.07. The van der Waals surface area contributed by atoms with Gasteiger partial charge in [-0.2, -0.15) is 0 Å². The summed E-state index contributed by atoms with van der Waals surface area (Å²) < 4.78 is 5.14. The van der Waals surface area contributed by atoms with Gasteiger partial charge in [0.15, 0.2) is 0 Å². The number of hydrogen-bond acceptors (Lipinski definition) is 3. The first-order valence-corrected chi connectivity index (χ1v) is 6.93. The first-order chi connectivity index (χ1) is 10.1. The summed E-state index contributed by atoms with van der Waals surface area (Å²) in [7, 11) is 0. The van der Waals surface area contributed by atoms with Gasteiger partial charge in [-0.15, -0.1) is 11.6 Å². The topological polar surface area (TPSA) is 56.3 Å². The largest absolute Gasteiger partial charge is 0.433 e. The third kappa shape index (κ3) is 2.90. The van der Waals surface area contributed by atoms with Crippen molar-refractivity contribution in [2.75, 3.05) is 0 Å². The van der Waals surface area contributed by atoms with E-state index in [-0.39, 0.29) is 5.88 Å². The number of rotatable bonds is 4. The third-order valence-electron chi connectivity index (χ3n) is 3.33. The lowest BCUT2D eigenvalue weighted by molar-refractivity contribution is -0.402. The Balaban J connectivity index is 1.81. The van der Waals surface area contributed by atoms with Gasteiger partial charge in [0.1, 0.15) is 10.7 Å². The Morgan fingerprint density at radius 2 is 1.86 bits per heavy atom. The molecule has 3 rings (SSSR count). The fourth-order valence-electron chi connectivity index (χ4n) is 2.28. The molecule has 0 saturated carbocycles. The quantitative estimate of drug-likeness (QED) is 0.392. The molecule has 106 valence electrons. The van der Waals surface area contributed by atoms with E-state index in [0.717, 1.165) is 10.9 Å². The molecule has 4 nitrogen and oxygen atoms in total. The highest BCUT2D eigenvalue weighted by atomic mass is 35.5. The van der Waals surface area contributed by atoms with Gasteiger partial charge in [-0.25, -0.2) is 0 Å². The first kappa shape index (κ1) is 13.6. The number of alkyl halides is 1. The van der Waals surface area contributed by atoms with Crippen LogP contribution >= 0.6 is 11.6 Å². The van der Waals surface area contributed by atoms with Crippen molar-refractivity contribution < 1.29 is 9.34 Å². The molecule has 0 saturated heterocycles. The van der Waals surface area contributed by atoms with Gasteiger partial charge in [0.25, 0.3) is 0 Å². The van der Waals surface area contributed by atoms with E-state index in [2.05, 4.69) is 6.07 Å². The third-order valence-corrected chi connectivity index (χ3v) is 3.70. The van der Waals surface area contributed by atoms with Crippen LogP contribution in [-0.2, 0) is 6.42 Å². The van der Waals surface area contributed by atoms with E-state index in [4.69, 9.17) is 16.0 Å². The average Bonchev–Trinajstić information content (AvgIpc) is 2.97. The van der Waals surface area contributed by atoms with Gasteiger partial charge < -0.3 is 4.42 Å². The minimum absolute atomic E-state index is 0.283. The Kier molecular flexibility index (Phi) is 3.62. The highest BCUT2D eigenvalue weighted by molar-refractivity contribution is 6.20. The molecule has 1 atom stereocenters. The maximum Gasteiger partial charge on any atom is 0.433 e. The zero-order valence-corrected chi connectivity index (χ0v) is 11.8. The first-order valence-electron chi connectivity index (χ1n) is 6.49. The normalized spacial score (nSPS) is 12.4. The van der Waals surface area contributed by atoms with Crippen LogP contribution in [0.5, 0.6) is 0 Å². The van der Waals surface area contributed by atoms with E-state index in [1.54, 1.807) is 6.07 Å². The minimum atomic E-state index is -0.566. The van der Waals surface area contributed by atoms with Crippen molar-refractivity contribution in [2.24, 2.45) is 0 Å². The SMILES string of the molecule is O=[N+]([O-])c1ccc(C(Cl)Cc2ccc3ccccc3c2)o1. The maximum absolute atomic E-state index is 10.6. The van der Waals surface area contributed by atoms with Crippen molar-refractivity contribution in [3.63, 3.8) is 0 Å². The number of halogens is 1. The molecule has 0 bridgehead atoms. The summed E-state index contributed by atoms with van der Waals surface area (Å²) in [4.78, 5) is 10.0. The predicted molar refractivity (Wildman–Crippen MR) is 81.6 cm³/mol. The Bertz CT molecular complexity index is 797. The Morgan fingerprint density at radius 3 is 2.57 bits per heavy atom. The van der Waals surface area contributed by atoms with Crippen molar-refractivity contribution >= 4 is 28.3 Å². The summed E-state index contributed by atoms with van der Waals surface area (Å²) in [5, 5.41) is 12.5. The van der Waals surface area contributed by atoms with E-state index < -0.39 is 10.3 Å². The standard InChI is InChI=1S/C16H12ClNO3/c17-14(15-7-8-16(21-15)18(19)20)10-11-5-6-12-3-1-2-4-13(12)9-11/h1-9,14H,10H2. The summed E-state index contributed by atoms with van der Waals surface area (Å²) in [6, 6.07) is 17.1. The highest BCUT2D eigenvalue weighted by Crippen LogP contribution is 2.30. The lowest BCUT2D eigenvalue weighted by Crippen LogP contribution is -1.94. The molecule has 0 aliphatic carbocycles.